The molecule has 9 heteroatoms. The van der Waals surface area contributed by atoms with Gasteiger partial charge in [-0.15, -0.1) is 0 Å². The Morgan fingerprint density at radius 2 is 2.07 bits per heavy atom. The predicted molar refractivity (Wildman–Crippen MR) is 105 cm³/mol. The van der Waals surface area contributed by atoms with Crippen molar-refractivity contribution in [2.45, 2.75) is 32.2 Å². The first-order chi connectivity index (χ1) is 13.5. The normalized spacial score (nSPS) is 13.4. The maximum absolute atomic E-state index is 11.9. The number of hydrogen-bond acceptors (Lipinski definition) is 6. The summed E-state index contributed by atoms with van der Waals surface area (Å²) in [6.45, 7) is 1.99. The van der Waals surface area contributed by atoms with Crippen LogP contribution in [-0.2, 0) is 16.1 Å². The molecule has 0 bridgehead atoms. The highest BCUT2D eigenvalue weighted by atomic mass is 16.2. The van der Waals surface area contributed by atoms with Crippen molar-refractivity contribution in [3.05, 3.63) is 42.1 Å². The Morgan fingerprint density at radius 1 is 1.29 bits per heavy atom. The van der Waals surface area contributed by atoms with Crippen LogP contribution >= 0.6 is 0 Å². The maximum Gasteiger partial charge on any atom is 0.223 e. The van der Waals surface area contributed by atoms with E-state index in [1.165, 1.54) is 24.7 Å². The summed E-state index contributed by atoms with van der Waals surface area (Å²) in [5.41, 5.74) is 3.59. The van der Waals surface area contributed by atoms with Gasteiger partial charge in [-0.25, -0.2) is 15.0 Å². The zero-order chi connectivity index (χ0) is 19.7. The molecule has 0 atom stereocenters. The molecular weight excluding hydrogens is 358 g/mol. The van der Waals surface area contributed by atoms with Crippen LogP contribution < -0.4 is 15.5 Å². The summed E-state index contributed by atoms with van der Waals surface area (Å²) in [5, 5.41) is 5.67. The number of anilines is 3. The van der Waals surface area contributed by atoms with Crippen molar-refractivity contribution in [2.75, 3.05) is 22.6 Å². The van der Waals surface area contributed by atoms with Gasteiger partial charge in [-0.05, 0) is 30.4 Å². The van der Waals surface area contributed by atoms with Crippen molar-refractivity contribution in [1.82, 2.24) is 19.4 Å². The van der Waals surface area contributed by atoms with E-state index < -0.39 is 0 Å². The quantitative estimate of drug-likeness (QED) is 0.610. The fourth-order valence-electron chi connectivity index (χ4n) is 3.07. The molecule has 4 rings (SSSR count). The lowest BCUT2D eigenvalue weighted by atomic mass is 10.1. The smallest absolute Gasteiger partial charge is 0.223 e. The van der Waals surface area contributed by atoms with Gasteiger partial charge < -0.3 is 19.9 Å². The highest BCUT2D eigenvalue weighted by molar-refractivity contribution is 5.95. The lowest BCUT2D eigenvalue weighted by Crippen LogP contribution is -2.23. The van der Waals surface area contributed by atoms with Gasteiger partial charge in [-0.2, -0.15) is 0 Å². The highest BCUT2D eigenvalue weighted by Crippen LogP contribution is 2.41. The van der Waals surface area contributed by atoms with Gasteiger partial charge in [0.25, 0.3) is 0 Å². The third-order valence-corrected chi connectivity index (χ3v) is 4.81. The minimum atomic E-state index is -0.0336. The SMILES string of the molecule is CC(=O)N(C)c1cc(C2CC2)cn2cc(CNc3cc(NC=O)ncn3)nc12. The molecular formula is C19H21N7O2. The zero-order valence-electron chi connectivity index (χ0n) is 15.7. The van der Waals surface area contributed by atoms with Crippen LogP contribution in [0.25, 0.3) is 5.65 Å². The van der Waals surface area contributed by atoms with E-state index in [0.29, 0.717) is 30.5 Å². The molecule has 1 fully saturated rings. The van der Waals surface area contributed by atoms with E-state index in [1.54, 1.807) is 24.9 Å². The predicted octanol–water partition coefficient (Wildman–Crippen LogP) is 2.16. The number of carbonyl (C=O) groups excluding carboxylic acids is 2. The van der Waals surface area contributed by atoms with Gasteiger partial charge in [-0.1, -0.05) is 0 Å². The lowest BCUT2D eigenvalue weighted by Gasteiger charge is -2.17. The van der Waals surface area contributed by atoms with Gasteiger partial charge >= 0.3 is 0 Å². The van der Waals surface area contributed by atoms with E-state index in [4.69, 9.17) is 4.98 Å². The lowest BCUT2D eigenvalue weighted by molar-refractivity contribution is -0.116. The molecule has 1 aliphatic rings. The number of nitrogens with one attached hydrogen (secondary N) is 2. The summed E-state index contributed by atoms with van der Waals surface area (Å²) in [4.78, 5) is 36.9. The van der Waals surface area contributed by atoms with Crippen LogP contribution in [0.4, 0.5) is 17.3 Å². The van der Waals surface area contributed by atoms with Crippen molar-refractivity contribution < 1.29 is 9.59 Å². The fraction of sp³-hybridized carbons (Fsp3) is 0.316. The average molecular weight is 379 g/mol. The van der Waals surface area contributed by atoms with Crippen molar-refractivity contribution >= 4 is 35.3 Å². The highest BCUT2D eigenvalue weighted by Gasteiger charge is 2.26. The first kappa shape index (κ1) is 17.9. The molecule has 9 nitrogen and oxygen atoms in total. The fourth-order valence-corrected chi connectivity index (χ4v) is 3.07. The van der Waals surface area contributed by atoms with Crippen LogP contribution in [0.5, 0.6) is 0 Å². The molecule has 1 saturated carbocycles. The van der Waals surface area contributed by atoms with E-state index in [0.717, 1.165) is 17.0 Å². The molecule has 0 spiro atoms. The summed E-state index contributed by atoms with van der Waals surface area (Å²) in [5.74, 6) is 1.53. The van der Waals surface area contributed by atoms with Gasteiger partial charge in [0.2, 0.25) is 12.3 Å². The number of rotatable bonds is 7. The Kier molecular flexibility index (Phi) is 4.64. The number of aromatic nitrogens is 4. The first-order valence-corrected chi connectivity index (χ1v) is 9.07. The van der Waals surface area contributed by atoms with Crippen LogP contribution in [0.2, 0.25) is 0 Å². The second-order valence-electron chi connectivity index (χ2n) is 6.88. The second-order valence-corrected chi connectivity index (χ2v) is 6.88. The Bertz CT molecular complexity index is 1040. The molecule has 0 aliphatic heterocycles. The first-order valence-electron chi connectivity index (χ1n) is 9.07. The number of pyridine rings is 1. The summed E-state index contributed by atoms with van der Waals surface area (Å²) in [6.07, 6.45) is 8.36. The van der Waals surface area contributed by atoms with Crippen LogP contribution in [0.3, 0.4) is 0 Å². The van der Waals surface area contributed by atoms with Gasteiger partial charge in [0, 0.05) is 32.4 Å². The minimum Gasteiger partial charge on any atom is -0.364 e. The number of fused-ring (bicyclic) bond motifs is 1. The van der Waals surface area contributed by atoms with Crippen molar-refractivity contribution in [3.8, 4) is 0 Å². The van der Waals surface area contributed by atoms with Gasteiger partial charge in [0.05, 0.1) is 17.9 Å². The molecule has 3 heterocycles. The molecule has 3 aromatic rings. The topological polar surface area (TPSA) is 105 Å². The summed E-state index contributed by atoms with van der Waals surface area (Å²) in [7, 11) is 1.77. The molecule has 144 valence electrons. The largest absolute Gasteiger partial charge is 0.364 e. The minimum absolute atomic E-state index is 0.0336. The molecule has 0 saturated heterocycles. The molecule has 0 aromatic carbocycles. The third-order valence-electron chi connectivity index (χ3n) is 4.81. The molecule has 0 radical (unpaired) electrons. The molecule has 28 heavy (non-hydrogen) atoms. The van der Waals surface area contributed by atoms with Gasteiger partial charge in [-0.3, -0.25) is 9.59 Å². The number of hydrogen-bond donors (Lipinski definition) is 2. The summed E-state index contributed by atoms with van der Waals surface area (Å²) in [6, 6.07) is 3.71. The monoisotopic (exact) mass is 379 g/mol. The Morgan fingerprint density at radius 3 is 2.79 bits per heavy atom. The summed E-state index contributed by atoms with van der Waals surface area (Å²) >= 11 is 0. The average Bonchev–Trinajstić information content (AvgIpc) is 3.45. The van der Waals surface area contributed by atoms with E-state index in [2.05, 4.69) is 32.9 Å². The molecule has 2 amide bonds. The Labute approximate surface area is 161 Å². The van der Waals surface area contributed by atoms with Crippen molar-refractivity contribution in [3.63, 3.8) is 0 Å². The second kappa shape index (κ2) is 7.26. The Balaban J connectivity index is 1.61. The van der Waals surface area contributed by atoms with Crippen LogP contribution in [0, 0.1) is 0 Å². The third kappa shape index (κ3) is 3.64. The molecule has 1 aliphatic carbocycles. The Hall–Kier alpha value is -3.49. The van der Waals surface area contributed by atoms with Crippen LogP contribution in [-0.4, -0.2) is 38.7 Å². The van der Waals surface area contributed by atoms with E-state index >= 15 is 0 Å². The molecule has 2 N–H and O–H groups in total. The van der Waals surface area contributed by atoms with E-state index in [9.17, 15) is 9.59 Å². The maximum atomic E-state index is 11.9. The number of carbonyl (C=O) groups is 2. The molecule has 3 aromatic heterocycles. The number of amides is 2. The van der Waals surface area contributed by atoms with E-state index in [1.807, 2.05) is 10.6 Å². The van der Waals surface area contributed by atoms with Crippen molar-refractivity contribution in [1.29, 1.82) is 0 Å². The van der Waals surface area contributed by atoms with Crippen LogP contribution in [0.15, 0.2) is 30.9 Å². The summed E-state index contributed by atoms with van der Waals surface area (Å²) < 4.78 is 1.98. The van der Waals surface area contributed by atoms with Gasteiger partial charge in [0.15, 0.2) is 5.65 Å². The number of imidazole rings is 1. The standard InChI is InChI=1S/C19H21N7O2/c1-12(28)25(2)16-5-14(13-3-4-13)8-26-9-15(24-19(16)26)7-20-17-6-18(23-11-27)22-10-21-17/h5-6,8-11,13H,3-4,7H2,1-2H3,(H2,20,21,22,23,27). The zero-order valence-corrected chi connectivity index (χ0v) is 15.7. The van der Waals surface area contributed by atoms with Crippen molar-refractivity contribution in [2.24, 2.45) is 0 Å². The molecule has 0 unspecified atom stereocenters. The van der Waals surface area contributed by atoms with Crippen LogP contribution in [0.1, 0.15) is 36.9 Å². The number of nitrogens with zero attached hydrogens (tertiary/aromatic N) is 5. The van der Waals surface area contributed by atoms with Gasteiger partial charge in [0.1, 0.15) is 18.0 Å². The van der Waals surface area contributed by atoms with E-state index in [-0.39, 0.29) is 5.91 Å².